The molecule has 14 rings (SSSR count). The van der Waals surface area contributed by atoms with Crippen LogP contribution < -0.4 is 16.0 Å². The maximum Gasteiger partial charge on any atom is 0.251 e. The Bertz CT molecular complexity index is 4380. The first kappa shape index (κ1) is 52.1. The van der Waals surface area contributed by atoms with E-state index in [1.165, 1.54) is 23.8 Å². The zero-order chi connectivity index (χ0) is 55.7. The van der Waals surface area contributed by atoms with E-state index in [1.807, 2.05) is 65.6 Å². The number of aryl methyl sites for hydroxylation is 1. The van der Waals surface area contributed by atoms with Gasteiger partial charge in [-0.2, -0.15) is 0 Å². The third-order valence-electron chi connectivity index (χ3n) is 14.1. The molecule has 9 heterocycles. The van der Waals surface area contributed by atoms with E-state index in [2.05, 4.69) is 65.7 Å². The van der Waals surface area contributed by atoms with Crippen LogP contribution in [-0.4, -0.2) is 90.0 Å². The molecule has 0 unspecified atom stereocenters. The lowest BCUT2D eigenvalue weighted by atomic mass is 10.2. The lowest BCUT2D eigenvalue weighted by Gasteiger charge is -2.16. The van der Waals surface area contributed by atoms with Gasteiger partial charge in [-0.15, -0.1) is 0 Å². The summed E-state index contributed by atoms with van der Waals surface area (Å²) < 4.78 is 42.3. The summed E-state index contributed by atoms with van der Waals surface area (Å²) in [5, 5.41) is 0.312. The van der Waals surface area contributed by atoms with Crippen LogP contribution in [0.3, 0.4) is 0 Å². The van der Waals surface area contributed by atoms with Crippen molar-refractivity contribution in [3.8, 4) is 51.2 Å². The number of fused-ring (bicyclic) bond motifs is 3. The number of rotatable bonds is 12. The number of methoxy groups -OCH3 is 1. The smallest absolute Gasteiger partial charge is 0.251 e. The average molecular weight is 1100 g/mol. The van der Waals surface area contributed by atoms with Gasteiger partial charge in [0.05, 0.1) is 69.5 Å². The van der Waals surface area contributed by atoms with Crippen molar-refractivity contribution in [2.24, 2.45) is 0 Å². The summed E-state index contributed by atoms with van der Waals surface area (Å²) in [5.41, 5.74) is 10.1. The minimum absolute atomic E-state index is 0.0270. The molecule has 3 aromatic carbocycles. The molecule has 0 amide bonds. The van der Waals surface area contributed by atoms with E-state index < -0.39 is 5.82 Å². The van der Waals surface area contributed by atoms with Gasteiger partial charge in [-0.1, -0.05) is 29.3 Å². The third kappa shape index (κ3) is 10.8. The fourth-order valence-corrected chi connectivity index (χ4v) is 9.75. The first-order valence-electron chi connectivity index (χ1n) is 26.2. The van der Waals surface area contributed by atoms with Gasteiger partial charge in [0.1, 0.15) is 29.1 Å². The number of ether oxygens (including phenoxy) is 1. The second-order valence-electron chi connectivity index (χ2n) is 19.8. The van der Waals surface area contributed by atoms with Crippen molar-refractivity contribution in [1.29, 1.82) is 0 Å². The van der Waals surface area contributed by atoms with Gasteiger partial charge in [-0.05, 0) is 118 Å². The van der Waals surface area contributed by atoms with Crippen molar-refractivity contribution in [3.05, 3.63) is 214 Å². The highest BCUT2D eigenvalue weighted by molar-refractivity contribution is 6.30. The molecule has 12 aromatic rings. The van der Waals surface area contributed by atoms with E-state index in [0.717, 1.165) is 82.6 Å². The molecule has 9 aromatic heterocycles. The number of likely N-dealkylation sites (N-methyl/N-ethyl adjacent to an activating group) is 1. The monoisotopic (exact) mass is 1100 g/mol. The molecule has 81 heavy (non-hydrogen) atoms. The van der Waals surface area contributed by atoms with E-state index in [4.69, 9.17) is 26.3 Å². The van der Waals surface area contributed by atoms with Gasteiger partial charge in [-0.3, -0.25) is 38.2 Å². The molecular weight excluding hydrogens is 1050 g/mol. The minimum Gasteiger partial charge on any atom is -0.383 e. The van der Waals surface area contributed by atoms with E-state index in [1.54, 1.807) is 100 Å². The van der Waals surface area contributed by atoms with Crippen LogP contribution in [0.25, 0.3) is 84.3 Å². The SMILES string of the molecule is COCCN(C)c1ncc(-c2nc3ccncc3n2-c2ccc(C)cc2)cn1.O=c1cc(-c2nc3ccncc3n2-c2ccc(Cl)cc2F)ccn1C1CC1.O=c1cc(-c2nc3ccncc3n2-c2ccc(F)cc2)ccn1C1CC1. The highest BCUT2D eigenvalue weighted by Crippen LogP contribution is 2.36. The fraction of sp³-hybridized carbons (Fsp3) is 0.180. The zero-order valence-electron chi connectivity index (χ0n) is 44.2. The third-order valence-corrected chi connectivity index (χ3v) is 14.3. The molecule has 2 fully saturated rings. The molecule has 20 heteroatoms. The highest BCUT2D eigenvalue weighted by atomic mass is 35.5. The van der Waals surface area contributed by atoms with Crippen LogP contribution in [0.15, 0.2) is 181 Å². The largest absolute Gasteiger partial charge is 0.383 e. The molecule has 0 radical (unpaired) electrons. The summed E-state index contributed by atoms with van der Waals surface area (Å²) in [6, 6.07) is 32.1. The van der Waals surface area contributed by atoms with Gasteiger partial charge in [0, 0.05) is 116 Å². The molecule has 0 N–H and O–H groups in total. The van der Waals surface area contributed by atoms with Crippen LogP contribution in [0.4, 0.5) is 14.7 Å². The molecule has 0 aliphatic heterocycles. The summed E-state index contributed by atoms with van der Waals surface area (Å²) in [5.74, 6) is 1.79. The van der Waals surface area contributed by atoms with Crippen molar-refractivity contribution in [2.75, 3.05) is 32.2 Å². The maximum atomic E-state index is 14.7. The predicted octanol–water partition coefficient (Wildman–Crippen LogP) is 11.4. The summed E-state index contributed by atoms with van der Waals surface area (Å²) >= 11 is 5.91. The van der Waals surface area contributed by atoms with Gasteiger partial charge in [-0.25, -0.2) is 33.7 Å². The van der Waals surface area contributed by atoms with Crippen molar-refractivity contribution < 1.29 is 13.5 Å². The molecule has 2 aliphatic rings. The number of aromatic nitrogens is 13. The standard InChI is InChI=1S/C21H22N6O.C20H14ClFN4O.C20H15FN4O/c1-15-4-6-17(7-5-15)27-19-14-22-9-8-18(19)25-20(27)16-12-23-21(24-13-16)26(2)10-11-28-3;21-13-1-4-17(15(22)10-13)26-18-11-23-7-5-16(18)24-20(26)12-6-8-25(14-2-3-14)19(27)9-12;21-14-1-3-16(4-2-14)25-18-12-22-9-7-17(18)23-20(25)13-8-10-24(15-5-6-15)19(26)11-13/h4-9,12-14H,10-11H2,1-3H3;1,4-11,14H,2-3H2;1-4,7-12,15H,5-6H2. The quantitative estimate of drug-likeness (QED) is 0.113. The minimum atomic E-state index is -0.474. The molecule has 0 spiro atoms. The first-order chi connectivity index (χ1) is 39.5. The van der Waals surface area contributed by atoms with Gasteiger partial charge in [0.25, 0.3) is 11.1 Å². The van der Waals surface area contributed by atoms with Gasteiger partial charge in [0.2, 0.25) is 5.95 Å². The van der Waals surface area contributed by atoms with Crippen LogP contribution >= 0.6 is 11.6 Å². The normalized spacial score (nSPS) is 13.0. The molecule has 2 saturated carbocycles. The average Bonchev–Trinajstić information content (AvgIpc) is 4.59. The van der Waals surface area contributed by atoms with E-state index in [9.17, 15) is 18.4 Å². The molecule has 404 valence electrons. The molecule has 2 aliphatic carbocycles. The van der Waals surface area contributed by atoms with Crippen molar-refractivity contribution in [3.63, 3.8) is 0 Å². The van der Waals surface area contributed by atoms with Gasteiger partial charge >= 0.3 is 0 Å². The van der Waals surface area contributed by atoms with Crippen LogP contribution in [0, 0.1) is 18.6 Å². The zero-order valence-corrected chi connectivity index (χ0v) is 44.9. The van der Waals surface area contributed by atoms with Gasteiger partial charge in [0.15, 0.2) is 0 Å². The Morgan fingerprint density at radius 3 is 1.52 bits per heavy atom. The second kappa shape index (κ2) is 22.3. The van der Waals surface area contributed by atoms with Crippen LogP contribution in [0.2, 0.25) is 5.02 Å². The molecular formula is C61H51ClF2N14O3. The van der Waals surface area contributed by atoms with Crippen molar-refractivity contribution in [2.45, 2.75) is 44.7 Å². The Morgan fingerprint density at radius 1 is 0.580 bits per heavy atom. The van der Waals surface area contributed by atoms with Crippen LogP contribution in [0.1, 0.15) is 43.3 Å². The Labute approximate surface area is 467 Å². The van der Waals surface area contributed by atoms with E-state index in [0.29, 0.717) is 63.6 Å². The Kier molecular flexibility index (Phi) is 14.3. The van der Waals surface area contributed by atoms with E-state index >= 15 is 0 Å². The lowest BCUT2D eigenvalue weighted by Crippen LogP contribution is -2.24. The summed E-state index contributed by atoms with van der Waals surface area (Å²) in [6.07, 6.45) is 21.7. The van der Waals surface area contributed by atoms with Crippen LogP contribution in [-0.2, 0) is 4.74 Å². The number of pyridine rings is 5. The Hall–Kier alpha value is -9.59. The molecule has 0 atom stereocenters. The molecule has 0 bridgehead atoms. The number of anilines is 1. The Morgan fingerprint density at radius 2 is 1.05 bits per heavy atom. The first-order valence-corrected chi connectivity index (χ1v) is 26.6. The summed E-state index contributed by atoms with van der Waals surface area (Å²) in [7, 11) is 3.63. The number of benzene rings is 3. The Balaban J connectivity index is 0.000000121. The number of halogens is 3. The van der Waals surface area contributed by atoms with Crippen LogP contribution in [0.5, 0.6) is 0 Å². The van der Waals surface area contributed by atoms with Gasteiger partial charge < -0.3 is 18.8 Å². The topological polar surface area (TPSA) is 174 Å². The predicted molar refractivity (Wildman–Crippen MR) is 308 cm³/mol. The lowest BCUT2D eigenvalue weighted by molar-refractivity contribution is 0.206. The number of hydrogen-bond acceptors (Lipinski definition) is 12. The maximum absolute atomic E-state index is 14.7. The van der Waals surface area contributed by atoms with E-state index in [-0.39, 0.29) is 16.9 Å². The summed E-state index contributed by atoms with van der Waals surface area (Å²) in [4.78, 5) is 62.7. The summed E-state index contributed by atoms with van der Waals surface area (Å²) in [6.45, 7) is 3.42. The van der Waals surface area contributed by atoms with Crippen molar-refractivity contribution in [1.82, 2.24) is 62.7 Å². The molecule has 17 nitrogen and oxygen atoms in total. The fourth-order valence-electron chi connectivity index (χ4n) is 9.59. The molecule has 0 saturated heterocycles. The van der Waals surface area contributed by atoms with Crippen molar-refractivity contribution >= 4 is 50.6 Å². The number of imidazole rings is 3. The number of nitrogens with zero attached hydrogens (tertiary/aromatic N) is 14. The highest BCUT2D eigenvalue weighted by Gasteiger charge is 2.27. The second-order valence-corrected chi connectivity index (χ2v) is 20.2. The number of hydrogen-bond donors (Lipinski definition) is 0.